The molecule has 6 nitrogen and oxygen atoms in total. The molecule has 1 amide bonds. The molecule has 0 aliphatic carbocycles. The van der Waals surface area contributed by atoms with E-state index in [1.165, 1.54) is 6.07 Å². The highest BCUT2D eigenvalue weighted by Gasteiger charge is 2.15. The lowest BCUT2D eigenvalue weighted by Crippen LogP contribution is -2.15. The third kappa shape index (κ3) is 5.08. The Bertz CT molecular complexity index is 711. The number of benzene rings is 2. The topological polar surface area (TPSA) is 81.5 Å². The fourth-order valence-corrected chi connectivity index (χ4v) is 2.11. The van der Waals surface area contributed by atoms with Gasteiger partial charge in [0.05, 0.1) is 18.0 Å². The van der Waals surface area contributed by atoms with Crippen molar-refractivity contribution in [1.29, 1.82) is 0 Å². The van der Waals surface area contributed by atoms with Gasteiger partial charge in [-0.25, -0.2) is 0 Å². The number of hydrogen-bond donors (Lipinski definition) is 1. The molecule has 0 saturated carbocycles. The zero-order valence-electron chi connectivity index (χ0n) is 13.7. The average Bonchev–Trinajstić information content (AvgIpc) is 2.54. The quantitative estimate of drug-likeness (QED) is 0.619. The lowest BCUT2D eigenvalue weighted by atomic mass is 10.1. The standard InChI is InChI=1S/C18H20N2O4/c1-13(2)12-24-16-9-7-15(8-10-16)19-18(21)11-14-5-3-4-6-17(14)20(22)23/h3-10,13H,11-12H2,1-2H3,(H,19,21). The van der Waals surface area contributed by atoms with E-state index in [9.17, 15) is 14.9 Å². The Balaban J connectivity index is 1.96. The van der Waals surface area contributed by atoms with Gasteiger partial charge < -0.3 is 10.1 Å². The summed E-state index contributed by atoms with van der Waals surface area (Å²) >= 11 is 0. The molecule has 0 aromatic heterocycles. The van der Waals surface area contributed by atoms with Crippen molar-refractivity contribution in [2.75, 3.05) is 11.9 Å². The summed E-state index contributed by atoms with van der Waals surface area (Å²) in [6, 6.07) is 13.3. The molecule has 24 heavy (non-hydrogen) atoms. The van der Waals surface area contributed by atoms with Gasteiger partial charge in [0.25, 0.3) is 5.69 Å². The zero-order valence-corrected chi connectivity index (χ0v) is 13.7. The fraction of sp³-hybridized carbons (Fsp3) is 0.278. The van der Waals surface area contributed by atoms with Crippen LogP contribution in [0.5, 0.6) is 5.75 Å². The third-order valence-electron chi connectivity index (χ3n) is 3.26. The molecule has 2 aromatic rings. The summed E-state index contributed by atoms with van der Waals surface area (Å²) in [5, 5.41) is 13.7. The van der Waals surface area contributed by atoms with Crippen LogP contribution in [0.1, 0.15) is 19.4 Å². The first kappa shape index (κ1) is 17.5. The molecule has 0 heterocycles. The number of nitrogens with zero attached hydrogens (tertiary/aromatic N) is 1. The molecular weight excluding hydrogens is 308 g/mol. The van der Waals surface area contributed by atoms with Crippen LogP contribution < -0.4 is 10.1 Å². The summed E-state index contributed by atoms with van der Waals surface area (Å²) in [6.07, 6.45) is -0.0528. The van der Waals surface area contributed by atoms with Gasteiger partial charge in [-0.3, -0.25) is 14.9 Å². The van der Waals surface area contributed by atoms with Gasteiger partial charge in [-0.1, -0.05) is 32.0 Å². The highest BCUT2D eigenvalue weighted by Crippen LogP contribution is 2.20. The van der Waals surface area contributed by atoms with Crippen LogP contribution in [0, 0.1) is 16.0 Å². The van der Waals surface area contributed by atoms with Gasteiger partial charge in [-0.15, -0.1) is 0 Å². The Morgan fingerprint density at radius 1 is 1.17 bits per heavy atom. The largest absolute Gasteiger partial charge is 0.493 e. The number of ether oxygens (including phenoxy) is 1. The second kappa shape index (κ2) is 8.10. The number of carbonyl (C=O) groups excluding carboxylic acids is 1. The number of nitro groups is 1. The number of anilines is 1. The molecule has 1 N–H and O–H groups in total. The molecule has 0 fully saturated rings. The van der Waals surface area contributed by atoms with Gasteiger partial charge >= 0.3 is 0 Å². The van der Waals surface area contributed by atoms with Crippen molar-refractivity contribution in [3.63, 3.8) is 0 Å². The molecule has 2 aromatic carbocycles. The molecule has 0 spiro atoms. The number of rotatable bonds is 7. The van der Waals surface area contributed by atoms with Gasteiger partial charge in [0, 0.05) is 17.3 Å². The first-order valence-electron chi connectivity index (χ1n) is 7.70. The van der Waals surface area contributed by atoms with E-state index < -0.39 is 4.92 Å². The van der Waals surface area contributed by atoms with Crippen molar-refractivity contribution in [2.45, 2.75) is 20.3 Å². The first-order valence-corrected chi connectivity index (χ1v) is 7.70. The molecule has 0 aliphatic heterocycles. The van der Waals surface area contributed by atoms with Crippen LogP contribution in [0.15, 0.2) is 48.5 Å². The minimum atomic E-state index is -0.483. The lowest BCUT2D eigenvalue weighted by molar-refractivity contribution is -0.385. The first-order chi connectivity index (χ1) is 11.5. The summed E-state index contributed by atoms with van der Waals surface area (Å²) in [4.78, 5) is 22.6. The van der Waals surface area contributed by atoms with E-state index in [1.807, 2.05) is 0 Å². The van der Waals surface area contributed by atoms with Crippen molar-refractivity contribution in [1.82, 2.24) is 0 Å². The normalized spacial score (nSPS) is 10.5. The number of nitrogens with one attached hydrogen (secondary N) is 1. The van der Waals surface area contributed by atoms with E-state index in [2.05, 4.69) is 19.2 Å². The van der Waals surface area contributed by atoms with Crippen LogP contribution >= 0.6 is 0 Å². The smallest absolute Gasteiger partial charge is 0.273 e. The monoisotopic (exact) mass is 328 g/mol. The van der Waals surface area contributed by atoms with E-state index in [4.69, 9.17) is 4.74 Å². The maximum atomic E-state index is 12.1. The van der Waals surface area contributed by atoms with Crippen molar-refractivity contribution in [3.05, 3.63) is 64.2 Å². The maximum Gasteiger partial charge on any atom is 0.273 e. The molecule has 0 radical (unpaired) electrons. The SMILES string of the molecule is CC(C)COc1ccc(NC(=O)Cc2ccccc2[N+](=O)[O-])cc1. The number of carbonyl (C=O) groups is 1. The molecule has 6 heteroatoms. The van der Waals surface area contributed by atoms with Crippen LogP contribution in [0.2, 0.25) is 0 Å². The molecule has 0 saturated heterocycles. The Morgan fingerprint density at radius 2 is 1.83 bits per heavy atom. The number of hydrogen-bond acceptors (Lipinski definition) is 4. The molecule has 126 valence electrons. The lowest BCUT2D eigenvalue weighted by Gasteiger charge is -2.10. The molecule has 0 bridgehead atoms. The summed E-state index contributed by atoms with van der Waals surface area (Å²) in [7, 11) is 0. The Morgan fingerprint density at radius 3 is 2.46 bits per heavy atom. The highest BCUT2D eigenvalue weighted by molar-refractivity contribution is 5.92. The average molecular weight is 328 g/mol. The minimum absolute atomic E-state index is 0.0508. The van der Waals surface area contributed by atoms with Crippen LogP contribution in [-0.2, 0) is 11.2 Å². The van der Waals surface area contributed by atoms with E-state index in [0.29, 0.717) is 23.8 Å². The van der Waals surface area contributed by atoms with E-state index >= 15 is 0 Å². The number of amides is 1. The van der Waals surface area contributed by atoms with Gasteiger partial charge in [0.2, 0.25) is 5.91 Å². The molecule has 0 aliphatic rings. The van der Waals surface area contributed by atoms with Crippen LogP contribution in [-0.4, -0.2) is 17.4 Å². The third-order valence-corrected chi connectivity index (χ3v) is 3.26. The zero-order chi connectivity index (χ0) is 17.5. The Labute approximate surface area is 140 Å². The predicted molar refractivity (Wildman–Crippen MR) is 92.2 cm³/mol. The van der Waals surface area contributed by atoms with E-state index in [1.54, 1.807) is 42.5 Å². The summed E-state index contributed by atoms with van der Waals surface area (Å²) < 4.78 is 5.58. The summed E-state index contributed by atoms with van der Waals surface area (Å²) in [5.74, 6) is 0.867. The fourth-order valence-electron chi connectivity index (χ4n) is 2.11. The van der Waals surface area contributed by atoms with Crippen LogP contribution in [0.4, 0.5) is 11.4 Å². The van der Waals surface area contributed by atoms with Crippen molar-refractivity contribution in [3.8, 4) is 5.75 Å². The second-order valence-electron chi connectivity index (χ2n) is 5.84. The Hall–Kier alpha value is -2.89. The van der Waals surface area contributed by atoms with Gasteiger partial charge in [0.15, 0.2) is 0 Å². The highest BCUT2D eigenvalue weighted by atomic mass is 16.6. The van der Waals surface area contributed by atoms with Crippen LogP contribution in [0.25, 0.3) is 0 Å². The molecule has 0 atom stereocenters. The predicted octanol–water partition coefficient (Wildman–Crippen LogP) is 3.81. The van der Waals surface area contributed by atoms with Crippen molar-refractivity contribution in [2.24, 2.45) is 5.92 Å². The van der Waals surface area contributed by atoms with E-state index in [0.717, 1.165) is 5.75 Å². The molecule has 0 unspecified atom stereocenters. The maximum absolute atomic E-state index is 12.1. The van der Waals surface area contributed by atoms with Crippen molar-refractivity contribution >= 4 is 17.3 Å². The molecule has 2 rings (SSSR count). The second-order valence-corrected chi connectivity index (χ2v) is 5.84. The summed E-state index contributed by atoms with van der Waals surface area (Å²) in [5.41, 5.74) is 0.956. The molecular formula is C18H20N2O4. The van der Waals surface area contributed by atoms with Gasteiger partial charge in [-0.05, 0) is 30.2 Å². The van der Waals surface area contributed by atoms with Crippen molar-refractivity contribution < 1.29 is 14.5 Å². The van der Waals surface area contributed by atoms with Crippen LogP contribution in [0.3, 0.4) is 0 Å². The number of para-hydroxylation sites is 1. The summed E-state index contributed by atoms with van der Waals surface area (Å²) in [6.45, 7) is 4.76. The minimum Gasteiger partial charge on any atom is -0.493 e. The number of nitro benzene ring substituents is 1. The van der Waals surface area contributed by atoms with Gasteiger partial charge in [-0.2, -0.15) is 0 Å². The van der Waals surface area contributed by atoms with E-state index in [-0.39, 0.29) is 18.0 Å². The van der Waals surface area contributed by atoms with Gasteiger partial charge in [0.1, 0.15) is 5.75 Å². The Kier molecular flexibility index (Phi) is 5.89.